The first-order chi connectivity index (χ1) is 13.2. The molecule has 3 nitrogen and oxygen atoms in total. The maximum Gasteiger partial charge on any atom is 0.159 e. The van der Waals surface area contributed by atoms with Gasteiger partial charge in [0, 0.05) is 31.5 Å². The quantitative estimate of drug-likeness (QED) is 0.660. The summed E-state index contributed by atoms with van der Waals surface area (Å²) in [5.41, 5.74) is 3.03. The van der Waals surface area contributed by atoms with Crippen LogP contribution >= 0.6 is 0 Å². The Balaban J connectivity index is 1.72. The van der Waals surface area contributed by atoms with Crippen LogP contribution in [0, 0.1) is 11.6 Å². The Morgan fingerprint density at radius 3 is 2.56 bits per heavy atom. The summed E-state index contributed by atoms with van der Waals surface area (Å²) in [6.07, 6.45) is 3.05. The van der Waals surface area contributed by atoms with Crippen molar-refractivity contribution in [1.29, 1.82) is 0 Å². The van der Waals surface area contributed by atoms with Crippen LogP contribution in [-0.4, -0.2) is 23.1 Å². The molecular formula is C22H22F2N2O. The van der Waals surface area contributed by atoms with E-state index in [0.717, 1.165) is 48.6 Å². The first kappa shape index (κ1) is 17.7. The summed E-state index contributed by atoms with van der Waals surface area (Å²) in [7, 11) is 1.65. The summed E-state index contributed by atoms with van der Waals surface area (Å²) < 4.78 is 34.9. The van der Waals surface area contributed by atoms with E-state index in [9.17, 15) is 8.78 Å². The van der Waals surface area contributed by atoms with Crippen LogP contribution in [0.1, 0.15) is 29.3 Å². The number of fused-ring (bicyclic) bond motifs is 1. The first-order valence-corrected chi connectivity index (χ1v) is 9.12. The lowest BCUT2D eigenvalue weighted by molar-refractivity contribution is 0.220. The SMILES string of the molecule is COc1ccc(CN2CCCn3cccc3[C@@H]2c2ccc(F)c(F)c2)cc1. The molecule has 27 heavy (non-hydrogen) atoms. The number of rotatable bonds is 4. The van der Waals surface area contributed by atoms with Gasteiger partial charge in [0.2, 0.25) is 0 Å². The van der Waals surface area contributed by atoms with Crippen molar-refractivity contribution in [1.82, 2.24) is 9.47 Å². The van der Waals surface area contributed by atoms with Gasteiger partial charge < -0.3 is 9.30 Å². The molecule has 0 saturated heterocycles. The monoisotopic (exact) mass is 368 g/mol. The third kappa shape index (κ3) is 3.60. The molecule has 5 heteroatoms. The molecule has 0 saturated carbocycles. The Bertz CT molecular complexity index is 920. The van der Waals surface area contributed by atoms with E-state index in [1.807, 2.05) is 30.3 Å². The zero-order valence-electron chi connectivity index (χ0n) is 15.2. The molecule has 0 bridgehead atoms. The lowest BCUT2D eigenvalue weighted by Crippen LogP contribution is -2.29. The smallest absolute Gasteiger partial charge is 0.159 e. The average molecular weight is 368 g/mol. The van der Waals surface area contributed by atoms with Gasteiger partial charge in [0.05, 0.1) is 13.2 Å². The van der Waals surface area contributed by atoms with Crippen molar-refractivity contribution in [3.8, 4) is 5.75 Å². The second kappa shape index (κ2) is 7.53. The molecule has 0 N–H and O–H groups in total. The summed E-state index contributed by atoms with van der Waals surface area (Å²) in [6, 6.07) is 16.2. The van der Waals surface area contributed by atoms with Gasteiger partial charge >= 0.3 is 0 Å². The van der Waals surface area contributed by atoms with E-state index >= 15 is 0 Å². The van der Waals surface area contributed by atoms with E-state index in [-0.39, 0.29) is 6.04 Å². The average Bonchev–Trinajstić information content (AvgIpc) is 3.06. The zero-order valence-corrected chi connectivity index (χ0v) is 15.2. The predicted octanol–water partition coefficient (Wildman–Crippen LogP) is 4.77. The second-order valence-corrected chi connectivity index (χ2v) is 6.87. The van der Waals surface area contributed by atoms with Crippen molar-refractivity contribution in [2.75, 3.05) is 13.7 Å². The minimum Gasteiger partial charge on any atom is -0.497 e. The van der Waals surface area contributed by atoms with Crippen molar-refractivity contribution < 1.29 is 13.5 Å². The van der Waals surface area contributed by atoms with Crippen LogP contribution in [0.4, 0.5) is 8.78 Å². The fourth-order valence-corrected chi connectivity index (χ4v) is 3.84. The van der Waals surface area contributed by atoms with Gasteiger partial charge in [-0.3, -0.25) is 4.90 Å². The van der Waals surface area contributed by atoms with E-state index in [1.165, 1.54) is 12.1 Å². The molecule has 4 rings (SSSR count). The fourth-order valence-electron chi connectivity index (χ4n) is 3.84. The summed E-state index contributed by atoms with van der Waals surface area (Å²) >= 11 is 0. The Morgan fingerprint density at radius 1 is 1.00 bits per heavy atom. The Kier molecular flexibility index (Phi) is 4.94. The molecular weight excluding hydrogens is 346 g/mol. The third-order valence-corrected chi connectivity index (χ3v) is 5.16. The largest absolute Gasteiger partial charge is 0.497 e. The Labute approximate surface area is 157 Å². The lowest BCUT2D eigenvalue weighted by atomic mass is 10.0. The minimum atomic E-state index is -0.815. The first-order valence-electron chi connectivity index (χ1n) is 9.12. The molecule has 0 unspecified atom stereocenters. The summed E-state index contributed by atoms with van der Waals surface area (Å²) in [4.78, 5) is 2.33. The number of benzene rings is 2. The van der Waals surface area contributed by atoms with E-state index in [2.05, 4.69) is 21.7 Å². The summed E-state index contributed by atoms with van der Waals surface area (Å²) in [5.74, 6) is -0.802. The van der Waals surface area contributed by atoms with Gasteiger partial charge in [0.1, 0.15) is 5.75 Å². The molecule has 1 atom stereocenters. The maximum absolute atomic E-state index is 14.0. The zero-order chi connectivity index (χ0) is 18.8. The van der Waals surface area contributed by atoms with Crippen molar-refractivity contribution in [3.05, 3.63) is 89.2 Å². The van der Waals surface area contributed by atoms with E-state index in [0.29, 0.717) is 0 Å². The molecule has 0 aliphatic carbocycles. The van der Waals surface area contributed by atoms with Crippen LogP contribution < -0.4 is 4.74 Å². The number of hydrogen-bond donors (Lipinski definition) is 0. The highest BCUT2D eigenvalue weighted by Gasteiger charge is 2.28. The normalized spacial score (nSPS) is 17.4. The predicted molar refractivity (Wildman–Crippen MR) is 101 cm³/mol. The second-order valence-electron chi connectivity index (χ2n) is 6.87. The summed E-state index contributed by atoms with van der Waals surface area (Å²) in [6.45, 7) is 2.51. The standard InChI is InChI=1S/C22H22F2N2O/c1-27-18-8-5-16(6-9-18)15-26-13-3-12-25-11-2-4-21(25)22(26)17-7-10-19(23)20(24)14-17/h2,4-11,14,22H,3,12-13,15H2,1H3/t22-/m0/s1. The molecule has 140 valence electrons. The maximum atomic E-state index is 14.0. The van der Waals surface area contributed by atoms with Gasteiger partial charge in [-0.1, -0.05) is 18.2 Å². The molecule has 3 aromatic rings. The van der Waals surface area contributed by atoms with Crippen LogP contribution in [0.15, 0.2) is 60.8 Å². The molecule has 0 amide bonds. The number of aryl methyl sites for hydroxylation is 1. The van der Waals surface area contributed by atoms with E-state index in [1.54, 1.807) is 13.2 Å². The van der Waals surface area contributed by atoms with Crippen molar-refractivity contribution in [3.63, 3.8) is 0 Å². The van der Waals surface area contributed by atoms with Gasteiger partial charge in [-0.2, -0.15) is 0 Å². The van der Waals surface area contributed by atoms with Crippen LogP contribution in [0.3, 0.4) is 0 Å². The van der Waals surface area contributed by atoms with Crippen LogP contribution in [0.5, 0.6) is 5.75 Å². The van der Waals surface area contributed by atoms with Gasteiger partial charge in [0.25, 0.3) is 0 Å². The lowest BCUT2D eigenvalue weighted by Gasteiger charge is -2.30. The van der Waals surface area contributed by atoms with Crippen LogP contribution in [0.2, 0.25) is 0 Å². The minimum absolute atomic E-state index is 0.125. The number of halogens is 2. The number of methoxy groups -OCH3 is 1. The van der Waals surface area contributed by atoms with Gasteiger partial charge in [-0.15, -0.1) is 0 Å². The number of aromatic nitrogens is 1. The molecule has 0 radical (unpaired) electrons. The topological polar surface area (TPSA) is 17.4 Å². The highest BCUT2D eigenvalue weighted by atomic mass is 19.2. The molecule has 2 aromatic carbocycles. The highest BCUT2D eigenvalue weighted by molar-refractivity contribution is 5.32. The molecule has 2 heterocycles. The van der Waals surface area contributed by atoms with Crippen LogP contribution in [-0.2, 0) is 13.1 Å². The molecule has 0 fully saturated rings. The van der Waals surface area contributed by atoms with E-state index in [4.69, 9.17) is 4.74 Å². The molecule has 1 aliphatic rings. The van der Waals surface area contributed by atoms with Crippen molar-refractivity contribution in [2.24, 2.45) is 0 Å². The molecule has 0 spiro atoms. The third-order valence-electron chi connectivity index (χ3n) is 5.16. The molecule has 1 aromatic heterocycles. The fraction of sp³-hybridized carbons (Fsp3) is 0.273. The van der Waals surface area contributed by atoms with E-state index < -0.39 is 11.6 Å². The Morgan fingerprint density at radius 2 is 1.81 bits per heavy atom. The van der Waals surface area contributed by atoms with Gasteiger partial charge in [-0.05, 0) is 53.9 Å². The highest BCUT2D eigenvalue weighted by Crippen LogP contribution is 2.33. The number of hydrogen-bond acceptors (Lipinski definition) is 2. The molecule has 1 aliphatic heterocycles. The number of nitrogens with zero attached hydrogens (tertiary/aromatic N) is 2. The van der Waals surface area contributed by atoms with Crippen molar-refractivity contribution in [2.45, 2.75) is 25.6 Å². The summed E-state index contributed by atoms with van der Waals surface area (Å²) in [5, 5.41) is 0. The Hall–Kier alpha value is -2.66. The van der Waals surface area contributed by atoms with Crippen LogP contribution in [0.25, 0.3) is 0 Å². The van der Waals surface area contributed by atoms with Crippen molar-refractivity contribution >= 4 is 0 Å². The van der Waals surface area contributed by atoms with Gasteiger partial charge in [0.15, 0.2) is 11.6 Å². The number of ether oxygens (including phenoxy) is 1. The van der Waals surface area contributed by atoms with Gasteiger partial charge in [-0.25, -0.2) is 8.78 Å².